The fraction of sp³-hybridized carbons (Fsp3) is 0.316. The average molecular weight is 370 g/mol. The third kappa shape index (κ3) is 3.03. The molecule has 1 fully saturated rings. The van der Waals surface area contributed by atoms with Crippen molar-refractivity contribution in [2.45, 2.75) is 18.4 Å². The van der Waals surface area contributed by atoms with Crippen molar-refractivity contribution < 1.29 is 19.4 Å². The normalized spacial score (nSPS) is 21.1. The number of ether oxygens (including phenoxy) is 1. The van der Waals surface area contributed by atoms with Crippen LogP contribution in [-0.4, -0.2) is 45.6 Å². The maximum Gasteiger partial charge on any atom is 0.330 e. The van der Waals surface area contributed by atoms with E-state index in [0.29, 0.717) is 24.3 Å². The number of hydrogen-bond acceptors (Lipinski definition) is 5. The van der Waals surface area contributed by atoms with Crippen molar-refractivity contribution in [3.63, 3.8) is 0 Å². The largest absolute Gasteiger partial charge is 0.493 e. The molecule has 2 aromatic rings. The van der Waals surface area contributed by atoms with E-state index in [0.717, 1.165) is 34.6 Å². The van der Waals surface area contributed by atoms with Gasteiger partial charge in [-0.25, -0.2) is 4.79 Å². The Bertz CT molecular complexity index is 878. The molecule has 0 saturated carbocycles. The summed E-state index contributed by atoms with van der Waals surface area (Å²) < 4.78 is 5.52. The fourth-order valence-electron chi connectivity index (χ4n) is 3.26. The lowest BCUT2D eigenvalue weighted by Gasteiger charge is -2.24. The summed E-state index contributed by atoms with van der Waals surface area (Å²) in [5.41, 5.74) is 2.09. The Morgan fingerprint density at radius 3 is 2.88 bits per heavy atom. The number of aromatic nitrogens is 1. The van der Waals surface area contributed by atoms with Crippen LogP contribution in [0, 0.1) is 0 Å². The van der Waals surface area contributed by atoms with Gasteiger partial charge in [-0.3, -0.25) is 9.78 Å². The standard InChI is InChI=1S/C19H18N2O4S/c22-17(21-19(18(23)24)4-6-26-11-19)15-8-14(9-20-10-15)12-1-2-16-13(7-12)3-5-25-16/h1-2,7-10H,3-6,11H2,(H,21,22)(H,23,24). The number of amides is 1. The topological polar surface area (TPSA) is 88.5 Å². The first-order valence-electron chi connectivity index (χ1n) is 8.42. The lowest BCUT2D eigenvalue weighted by atomic mass is 9.98. The highest BCUT2D eigenvalue weighted by atomic mass is 32.2. The summed E-state index contributed by atoms with van der Waals surface area (Å²) in [5, 5.41) is 12.2. The highest BCUT2D eigenvalue weighted by Gasteiger charge is 2.43. The highest BCUT2D eigenvalue weighted by Crippen LogP contribution is 2.31. The number of carboxylic acid groups (broad SMARTS) is 1. The molecule has 4 rings (SSSR count). The predicted molar refractivity (Wildman–Crippen MR) is 98.6 cm³/mol. The van der Waals surface area contributed by atoms with Crippen LogP contribution in [0.25, 0.3) is 11.1 Å². The summed E-state index contributed by atoms with van der Waals surface area (Å²) in [5.74, 6) is 0.610. The molecule has 7 heteroatoms. The van der Waals surface area contributed by atoms with E-state index in [2.05, 4.69) is 10.3 Å². The molecule has 2 aliphatic rings. The van der Waals surface area contributed by atoms with E-state index in [1.54, 1.807) is 12.3 Å². The Morgan fingerprint density at radius 1 is 1.23 bits per heavy atom. The second-order valence-corrected chi connectivity index (χ2v) is 7.63. The number of benzene rings is 1. The zero-order chi connectivity index (χ0) is 18.1. The second kappa shape index (κ2) is 6.64. The van der Waals surface area contributed by atoms with E-state index in [9.17, 15) is 14.7 Å². The number of thioether (sulfide) groups is 1. The van der Waals surface area contributed by atoms with Gasteiger partial charge in [0.15, 0.2) is 0 Å². The number of aliphatic carboxylic acids is 1. The Labute approximate surface area is 155 Å². The van der Waals surface area contributed by atoms with Gasteiger partial charge in [-0.05, 0) is 41.5 Å². The van der Waals surface area contributed by atoms with Gasteiger partial charge in [-0.15, -0.1) is 0 Å². The van der Waals surface area contributed by atoms with Gasteiger partial charge < -0.3 is 15.2 Å². The quantitative estimate of drug-likeness (QED) is 0.859. The number of fused-ring (bicyclic) bond motifs is 1. The number of rotatable bonds is 4. The molecular weight excluding hydrogens is 352 g/mol. The molecular formula is C19H18N2O4S. The number of nitrogens with one attached hydrogen (secondary N) is 1. The van der Waals surface area contributed by atoms with Gasteiger partial charge in [-0.1, -0.05) is 6.07 Å². The van der Waals surface area contributed by atoms with Gasteiger partial charge in [0, 0.05) is 30.1 Å². The number of nitrogens with zero attached hydrogens (tertiary/aromatic N) is 1. The molecule has 0 radical (unpaired) electrons. The number of carbonyl (C=O) groups is 2. The number of carboxylic acids is 1. The molecule has 0 bridgehead atoms. The maximum absolute atomic E-state index is 12.6. The molecule has 3 heterocycles. The van der Waals surface area contributed by atoms with E-state index in [-0.39, 0.29) is 0 Å². The summed E-state index contributed by atoms with van der Waals surface area (Å²) >= 11 is 1.53. The third-order valence-electron chi connectivity index (χ3n) is 4.81. The molecule has 2 N–H and O–H groups in total. The van der Waals surface area contributed by atoms with Gasteiger partial charge in [0.1, 0.15) is 11.3 Å². The minimum atomic E-state index is -1.19. The van der Waals surface area contributed by atoms with Gasteiger partial charge in [0.2, 0.25) is 0 Å². The lowest BCUT2D eigenvalue weighted by Crippen LogP contribution is -2.54. The first-order chi connectivity index (χ1) is 12.6. The van der Waals surface area contributed by atoms with Crippen molar-refractivity contribution in [2.75, 3.05) is 18.1 Å². The molecule has 0 aliphatic carbocycles. The van der Waals surface area contributed by atoms with Crippen molar-refractivity contribution in [2.24, 2.45) is 0 Å². The second-order valence-electron chi connectivity index (χ2n) is 6.53. The lowest BCUT2D eigenvalue weighted by molar-refractivity contribution is -0.143. The van der Waals surface area contributed by atoms with Crippen LogP contribution >= 0.6 is 11.8 Å². The Morgan fingerprint density at radius 2 is 2.12 bits per heavy atom. The number of pyridine rings is 1. The van der Waals surface area contributed by atoms with Gasteiger partial charge >= 0.3 is 5.97 Å². The van der Waals surface area contributed by atoms with Gasteiger partial charge in [-0.2, -0.15) is 11.8 Å². The highest BCUT2D eigenvalue weighted by molar-refractivity contribution is 7.99. The molecule has 134 valence electrons. The van der Waals surface area contributed by atoms with Crippen LogP contribution < -0.4 is 10.1 Å². The van der Waals surface area contributed by atoms with Crippen LogP contribution in [0.15, 0.2) is 36.7 Å². The fourth-order valence-corrected chi connectivity index (χ4v) is 4.59. The molecule has 2 aliphatic heterocycles. The summed E-state index contributed by atoms with van der Waals surface area (Å²) in [4.78, 5) is 28.4. The van der Waals surface area contributed by atoms with Crippen LogP contribution in [0.4, 0.5) is 0 Å². The molecule has 1 aromatic carbocycles. The van der Waals surface area contributed by atoms with E-state index >= 15 is 0 Å². The molecule has 1 amide bonds. The van der Waals surface area contributed by atoms with Crippen LogP contribution in [0.5, 0.6) is 5.75 Å². The maximum atomic E-state index is 12.6. The Hall–Kier alpha value is -2.54. The van der Waals surface area contributed by atoms with Crippen LogP contribution in [0.3, 0.4) is 0 Å². The van der Waals surface area contributed by atoms with Gasteiger partial charge in [0.25, 0.3) is 5.91 Å². The van der Waals surface area contributed by atoms with Crippen molar-refractivity contribution in [3.05, 3.63) is 47.8 Å². The third-order valence-corrected chi connectivity index (χ3v) is 6.00. The first-order valence-corrected chi connectivity index (χ1v) is 9.58. The smallest absolute Gasteiger partial charge is 0.330 e. The van der Waals surface area contributed by atoms with Crippen molar-refractivity contribution in [3.8, 4) is 16.9 Å². The van der Waals surface area contributed by atoms with E-state index < -0.39 is 17.4 Å². The van der Waals surface area contributed by atoms with E-state index in [1.165, 1.54) is 18.0 Å². The molecule has 1 atom stereocenters. The first kappa shape index (κ1) is 16.9. The predicted octanol–water partition coefficient (Wildman–Crippen LogP) is 2.37. The molecule has 1 unspecified atom stereocenters. The average Bonchev–Trinajstić information content (AvgIpc) is 3.31. The molecule has 0 spiro atoms. The van der Waals surface area contributed by atoms with E-state index in [4.69, 9.17) is 4.74 Å². The summed E-state index contributed by atoms with van der Waals surface area (Å²) in [6, 6.07) is 7.67. The van der Waals surface area contributed by atoms with Crippen LogP contribution in [-0.2, 0) is 11.2 Å². The molecule has 1 aromatic heterocycles. The summed E-state index contributed by atoms with van der Waals surface area (Å²) in [7, 11) is 0. The SMILES string of the molecule is O=C(NC1(C(=O)O)CCSC1)c1cncc(-c2ccc3c(c2)CCO3)c1. The zero-order valence-electron chi connectivity index (χ0n) is 14.0. The molecule has 1 saturated heterocycles. The Kier molecular flexibility index (Phi) is 4.32. The monoisotopic (exact) mass is 370 g/mol. The Balaban J connectivity index is 1.59. The molecule has 6 nitrogen and oxygen atoms in total. The summed E-state index contributed by atoms with van der Waals surface area (Å²) in [6.07, 6.45) is 4.46. The van der Waals surface area contributed by atoms with E-state index in [1.807, 2.05) is 18.2 Å². The number of carbonyl (C=O) groups excluding carboxylic acids is 1. The minimum absolute atomic E-state index is 0.358. The van der Waals surface area contributed by atoms with Crippen molar-refractivity contribution in [1.29, 1.82) is 0 Å². The zero-order valence-corrected chi connectivity index (χ0v) is 14.8. The molecule has 26 heavy (non-hydrogen) atoms. The summed E-state index contributed by atoms with van der Waals surface area (Å²) in [6.45, 7) is 0.689. The minimum Gasteiger partial charge on any atom is -0.493 e. The van der Waals surface area contributed by atoms with Crippen molar-refractivity contribution >= 4 is 23.6 Å². The van der Waals surface area contributed by atoms with Crippen LogP contribution in [0.1, 0.15) is 22.3 Å². The van der Waals surface area contributed by atoms with Gasteiger partial charge in [0.05, 0.1) is 12.2 Å². The van der Waals surface area contributed by atoms with Crippen LogP contribution in [0.2, 0.25) is 0 Å². The number of hydrogen-bond donors (Lipinski definition) is 2. The van der Waals surface area contributed by atoms with Crippen molar-refractivity contribution in [1.82, 2.24) is 10.3 Å².